The number of rotatable bonds is 6. The highest BCUT2D eigenvalue weighted by molar-refractivity contribution is 6.70. The van der Waals surface area contributed by atoms with Crippen molar-refractivity contribution in [1.29, 1.82) is 0 Å². The summed E-state index contributed by atoms with van der Waals surface area (Å²) >= 11 is 0. The maximum Gasteiger partial charge on any atom is 0.402 e. The van der Waals surface area contributed by atoms with E-state index in [0.717, 1.165) is 26.1 Å². The second-order valence-corrected chi connectivity index (χ2v) is 8.47. The van der Waals surface area contributed by atoms with Crippen LogP contribution in [-0.2, 0) is 27.8 Å². The average molecular weight is 320 g/mol. The zero-order chi connectivity index (χ0) is 15.0. The van der Waals surface area contributed by atoms with E-state index in [0.29, 0.717) is 39.6 Å². The molecular weight excluding hydrogens is 292 g/mol. The van der Waals surface area contributed by atoms with E-state index in [-0.39, 0.29) is 11.5 Å². The highest BCUT2D eigenvalue weighted by Crippen LogP contribution is 2.26. The van der Waals surface area contributed by atoms with Crippen LogP contribution in [0.5, 0.6) is 0 Å². The first-order valence-electron chi connectivity index (χ1n) is 8.00. The lowest BCUT2D eigenvalue weighted by molar-refractivity contribution is -0.0207. The first kappa shape index (κ1) is 17.3. The van der Waals surface area contributed by atoms with E-state index >= 15 is 0 Å². The Morgan fingerprint density at radius 2 is 1.29 bits per heavy atom. The average Bonchev–Trinajstić information content (AvgIpc) is 2.92. The molecule has 124 valence electrons. The summed E-state index contributed by atoms with van der Waals surface area (Å²) in [7, 11) is -2.75. The lowest BCUT2D eigenvalue weighted by atomic mass is 10.5. The van der Waals surface area contributed by atoms with Crippen molar-refractivity contribution in [3.8, 4) is 0 Å². The van der Waals surface area contributed by atoms with Gasteiger partial charge >= 0.3 is 8.56 Å². The fourth-order valence-electron chi connectivity index (χ4n) is 2.79. The Kier molecular flexibility index (Phi) is 7.59. The van der Waals surface area contributed by atoms with Crippen LogP contribution >= 0.6 is 0 Å². The van der Waals surface area contributed by atoms with E-state index in [1.165, 1.54) is 0 Å². The Labute approximate surface area is 128 Å². The van der Waals surface area contributed by atoms with Crippen LogP contribution in [0.1, 0.15) is 26.7 Å². The van der Waals surface area contributed by atoms with Gasteiger partial charge in [0.05, 0.1) is 13.2 Å². The molecule has 0 spiro atoms. The molecule has 0 amide bonds. The minimum absolute atomic E-state index is 0.174. The number of ether oxygens (including phenoxy) is 4. The second-order valence-electron chi connectivity index (χ2n) is 5.16. The molecule has 0 aromatic heterocycles. The van der Waals surface area contributed by atoms with Gasteiger partial charge in [0.25, 0.3) is 0 Å². The highest BCUT2D eigenvalue weighted by Gasteiger charge is 2.55. The standard InChI is InChI=1S/C14H28O6Si/c1-3-19-21(20-4-2,13-11-15-7-5-9-17-13)14-12-16-8-6-10-18-14/h13-14H,3-12H2,1-2H3. The fraction of sp³-hybridized carbons (Fsp3) is 1.00. The summed E-state index contributed by atoms with van der Waals surface area (Å²) in [6.45, 7) is 8.92. The van der Waals surface area contributed by atoms with Crippen LogP contribution in [0.3, 0.4) is 0 Å². The van der Waals surface area contributed by atoms with Crippen molar-refractivity contribution in [3.63, 3.8) is 0 Å². The van der Waals surface area contributed by atoms with E-state index in [4.69, 9.17) is 27.8 Å². The third-order valence-electron chi connectivity index (χ3n) is 3.68. The summed E-state index contributed by atoms with van der Waals surface area (Å²) < 4.78 is 35.7. The fourth-order valence-corrected chi connectivity index (χ4v) is 6.33. The van der Waals surface area contributed by atoms with Crippen LogP contribution in [0.2, 0.25) is 0 Å². The van der Waals surface area contributed by atoms with Gasteiger partial charge in [-0.25, -0.2) is 0 Å². The van der Waals surface area contributed by atoms with E-state index in [9.17, 15) is 0 Å². The van der Waals surface area contributed by atoms with Gasteiger partial charge < -0.3 is 27.8 Å². The van der Waals surface area contributed by atoms with Crippen molar-refractivity contribution >= 4 is 8.56 Å². The van der Waals surface area contributed by atoms with E-state index in [2.05, 4.69) is 0 Å². The number of hydrogen-bond donors (Lipinski definition) is 0. The van der Waals surface area contributed by atoms with Gasteiger partial charge in [-0.15, -0.1) is 0 Å². The summed E-state index contributed by atoms with van der Waals surface area (Å²) in [4.78, 5) is 0. The summed E-state index contributed by atoms with van der Waals surface area (Å²) in [5, 5.41) is 0. The monoisotopic (exact) mass is 320 g/mol. The molecule has 0 saturated carbocycles. The Balaban J connectivity index is 2.20. The predicted molar refractivity (Wildman–Crippen MR) is 79.4 cm³/mol. The zero-order valence-corrected chi connectivity index (χ0v) is 14.2. The Morgan fingerprint density at radius 3 is 1.71 bits per heavy atom. The van der Waals surface area contributed by atoms with Crippen molar-refractivity contribution < 1.29 is 27.8 Å². The smallest absolute Gasteiger partial charge is 0.392 e. The van der Waals surface area contributed by atoms with E-state index < -0.39 is 8.56 Å². The van der Waals surface area contributed by atoms with Crippen LogP contribution in [0, 0.1) is 0 Å². The van der Waals surface area contributed by atoms with E-state index in [1.807, 2.05) is 13.8 Å². The van der Waals surface area contributed by atoms with Crippen molar-refractivity contribution in [3.05, 3.63) is 0 Å². The maximum atomic E-state index is 6.17. The van der Waals surface area contributed by atoms with Crippen molar-refractivity contribution in [1.82, 2.24) is 0 Å². The molecule has 2 atom stereocenters. The molecule has 0 radical (unpaired) electrons. The minimum atomic E-state index is -2.75. The van der Waals surface area contributed by atoms with Gasteiger partial charge in [0.2, 0.25) is 0 Å². The summed E-state index contributed by atoms with van der Waals surface area (Å²) in [6, 6.07) is 0. The largest absolute Gasteiger partial charge is 0.402 e. The molecular formula is C14H28O6Si. The van der Waals surface area contributed by atoms with E-state index in [1.54, 1.807) is 0 Å². The van der Waals surface area contributed by atoms with Crippen LogP contribution < -0.4 is 0 Å². The molecule has 2 unspecified atom stereocenters. The Morgan fingerprint density at radius 1 is 0.810 bits per heavy atom. The third-order valence-corrected chi connectivity index (χ3v) is 7.62. The molecule has 2 heterocycles. The van der Waals surface area contributed by atoms with Gasteiger partial charge in [-0.1, -0.05) is 0 Å². The van der Waals surface area contributed by atoms with Crippen molar-refractivity contribution in [2.24, 2.45) is 0 Å². The molecule has 2 aliphatic heterocycles. The van der Waals surface area contributed by atoms with Gasteiger partial charge in [0.15, 0.2) is 0 Å². The molecule has 2 saturated heterocycles. The summed E-state index contributed by atoms with van der Waals surface area (Å²) in [5.41, 5.74) is -0.349. The van der Waals surface area contributed by atoms with Crippen molar-refractivity contribution in [2.75, 3.05) is 52.9 Å². The quantitative estimate of drug-likeness (QED) is 0.685. The normalized spacial score (nSPS) is 28.9. The molecule has 0 aliphatic carbocycles. The van der Waals surface area contributed by atoms with Crippen molar-refractivity contribution in [2.45, 2.75) is 38.1 Å². The minimum Gasteiger partial charge on any atom is -0.392 e. The molecule has 7 heteroatoms. The molecule has 0 N–H and O–H groups in total. The predicted octanol–water partition coefficient (Wildman–Crippen LogP) is 1.19. The maximum absolute atomic E-state index is 6.17. The molecule has 0 aromatic carbocycles. The Hall–Kier alpha value is -0.0231. The number of hydrogen-bond acceptors (Lipinski definition) is 6. The molecule has 0 bridgehead atoms. The highest BCUT2D eigenvalue weighted by atomic mass is 28.4. The SMILES string of the molecule is CCO[Si](OCC)(C1COCCCO1)C1COCCCO1. The topological polar surface area (TPSA) is 55.4 Å². The van der Waals surface area contributed by atoms with Crippen LogP contribution in [0.25, 0.3) is 0 Å². The van der Waals surface area contributed by atoms with Crippen LogP contribution in [0.4, 0.5) is 0 Å². The molecule has 6 nitrogen and oxygen atoms in total. The van der Waals surface area contributed by atoms with Gasteiger partial charge in [0, 0.05) is 39.6 Å². The summed E-state index contributed by atoms with van der Waals surface area (Å²) in [6.07, 6.45) is 1.81. The van der Waals surface area contributed by atoms with Crippen LogP contribution in [-0.4, -0.2) is 72.9 Å². The zero-order valence-electron chi connectivity index (χ0n) is 13.2. The summed E-state index contributed by atoms with van der Waals surface area (Å²) in [5.74, 6) is 0. The second kappa shape index (κ2) is 9.19. The van der Waals surface area contributed by atoms with Gasteiger partial charge in [-0.05, 0) is 26.7 Å². The lowest BCUT2D eigenvalue weighted by Crippen LogP contribution is -2.66. The lowest BCUT2D eigenvalue weighted by Gasteiger charge is -2.40. The third kappa shape index (κ3) is 4.48. The molecule has 2 fully saturated rings. The molecule has 0 aromatic rings. The Bertz CT molecular complexity index is 247. The molecule has 2 aliphatic rings. The van der Waals surface area contributed by atoms with Gasteiger partial charge in [0.1, 0.15) is 11.5 Å². The van der Waals surface area contributed by atoms with Crippen LogP contribution in [0.15, 0.2) is 0 Å². The van der Waals surface area contributed by atoms with Gasteiger partial charge in [-0.3, -0.25) is 0 Å². The molecule has 2 rings (SSSR count). The van der Waals surface area contributed by atoms with Gasteiger partial charge in [-0.2, -0.15) is 0 Å². The molecule has 21 heavy (non-hydrogen) atoms. The first-order chi connectivity index (χ1) is 10.3. The first-order valence-corrected chi connectivity index (χ1v) is 9.97.